The zero-order valence-electron chi connectivity index (χ0n) is 16.9. The molecular weight excluding hydrogens is 366 g/mol. The van der Waals surface area contributed by atoms with Crippen molar-refractivity contribution in [3.8, 4) is 0 Å². The molecule has 3 N–H and O–H groups in total. The maximum atomic E-state index is 9.03. The second-order valence-corrected chi connectivity index (χ2v) is 7.49. The van der Waals surface area contributed by atoms with Crippen LogP contribution in [0.5, 0.6) is 0 Å². The topological polar surface area (TPSA) is 90.5 Å². The van der Waals surface area contributed by atoms with E-state index < -0.39 is 0 Å². The summed E-state index contributed by atoms with van der Waals surface area (Å²) in [7, 11) is 0. The summed E-state index contributed by atoms with van der Waals surface area (Å²) in [6, 6.07) is 10.3. The predicted molar refractivity (Wildman–Crippen MR) is 113 cm³/mol. The molecule has 154 valence electrons. The quantitative estimate of drug-likeness (QED) is 0.473. The number of aromatic nitrogens is 2. The Hall–Kier alpha value is -2.66. The fraction of sp³-hybridized carbons (Fsp3) is 0.435. The minimum absolute atomic E-state index is 0.100. The van der Waals surface area contributed by atoms with Gasteiger partial charge in [0.25, 0.3) is 0 Å². The molecule has 0 amide bonds. The number of aliphatic hydroxyl groups is 1. The molecule has 1 fully saturated rings. The van der Waals surface area contributed by atoms with Crippen LogP contribution in [0, 0.1) is 11.8 Å². The third-order valence-corrected chi connectivity index (χ3v) is 5.46. The normalized spacial score (nSPS) is 19.1. The highest BCUT2D eigenvalue weighted by atomic mass is 16.5. The van der Waals surface area contributed by atoms with Crippen molar-refractivity contribution in [1.82, 2.24) is 9.97 Å². The average Bonchev–Trinajstić information content (AvgIpc) is 2.69. The minimum Gasteiger partial charge on any atom is -0.483 e. The third-order valence-electron chi connectivity index (χ3n) is 5.46. The van der Waals surface area contributed by atoms with Gasteiger partial charge in [0.2, 0.25) is 0 Å². The van der Waals surface area contributed by atoms with Crippen LogP contribution in [-0.4, -0.2) is 34.4 Å². The monoisotopic (exact) mass is 395 g/mol. The summed E-state index contributed by atoms with van der Waals surface area (Å²) < 4.78 is 11.6. The van der Waals surface area contributed by atoms with E-state index in [1.165, 1.54) is 11.9 Å². The van der Waals surface area contributed by atoms with Gasteiger partial charge in [0.1, 0.15) is 18.8 Å². The highest BCUT2D eigenvalue weighted by Gasteiger charge is 2.34. The van der Waals surface area contributed by atoms with Crippen LogP contribution in [0.15, 0.2) is 49.0 Å². The van der Waals surface area contributed by atoms with Crippen LogP contribution in [0.3, 0.4) is 0 Å². The first-order valence-corrected chi connectivity index (χ1v) is 10.0. The zero-order chi connectivity index (χ0) is 20.6. The van der Waals surface area contributed by atoms with Crippen LogP contribution in [0.2, 0.25) is 0 Å². The van der Waals surface area contributed by atoms with Gasteiger partial charge in [-0.25, -0.2) is 9.97 Å². The molecule has 0 saturated heterocycles. The van der Waals surface area contributed by atoms with Crippen molar-refractivity contribution in [2.45, 2.75) is 38.9 Å². The van der Waals surface area contributed by atoms with E-state index >= 15 is 0 Å². The van der Waals surface area contributed by atoms with Gasteiger partial charge in [-0.15, -0.1) is 0 Å². The minimum atomic E-state index is -0.100. The van der Waals surface area contributed by atoms with Gasteiger partial charge >= 0.3 is 0 Å². The number of ether oxygens (including phenoxy) is 2. The molecule has 0 spiro atoms. The molecule has 0 radical (unpaired) electrons. The molecule has 1 aromatic heterocycles. The van der Waals surface area contributed by atoms with E-state index in [9.17, 15) is 0 Å². The lowest BCUT2D eigenvalue weighted by molar-refractivity contribution is -0.0540. The van der Waals surface area contributed by atoms with Gasteiger partial charge < -0.3 is 20.3 Å². The number of benzene rings is 1. The molecule has 29 heavy (non-hydrogen) atoms. The van der Waals surface area contributed by atoms with E-state index in [-0.39, 0.29) is 13.2 Å². The Morgan fingerprint density at radius 3 is 2.76 bits per heavy atom. The first-order valence-electron chi connectivity index (χ1n) is 10.0. The summed E-state index contributed by atoms with van der Waals surface area (Å²) in [4.78, 5) is 8.52. The Labute approximate surface area is 172 Å². The van der Waals surface area contributed by atoms with Gasteiger partial charge in [0, 0.05) is 0 Å². The van der Waals surface area contributed by atoms with E-state index in [2.05, 4.69) is 41.3 Å². The average molecular weight is 396 g/mol. The Bertz CT molecular complexity index is 844. The van der Waals surface area contributed by atoms with Gasteiger partial charge in [0.05, 0.1) is 30.6 Å². The Morgan fingerprint density at radius 1 is 1.31 bits per heavy atom. The summed E-state index contributed by atoms with van der Waals surface area (Å²) in [6.45, 7) is 6.61. The second-order valence-electron chi connectivity index (χ2n) is 7.49. The molecule has 0 aliphatic heterocycles. The van der Waals surface area contributed by atoms with Crippen LogP contribution in [0.25, 0.3) is 5.76 Å². The lowest BCUT2D eigenvalue weighted by Gasteiger charge is -2.39. The van der Waals surface area contributed by atoms with Crippen molar-refractivity contribution in [3.05, 3.63) is 65.8 Å². The van der Waals surface area contributed by atoms with Gasteiger partial charge in [-0.05, 0) is 36.7 Å². The molecule has 2 aromatic rings. The Kier molecular flexibility index (Phi) is 7.42. The van der Waals surface area contributed by atoms with Gasteiger partial charge in [-0.3, -0.25) is 0 Å². The first kappa shape index (κ1) is 21.1. The number of rotatable bonds is 10. The molecule has 6 nitrogen and oxygen atoms in total. The molecular formula is C23H29N3O3. The predicted octanol–water partition coefficient (Wildman–Crippen LogP) is 3.37. The molecule has 6 heteroatoms. The van der Waals surface area contributed by atoms with Crippen LogP contribution in [0.4, 0.5) is 5.82 Å². The van der Waals surface area contributed by atoms with Crippen molar-refractivity contribution in [2.24, 2.45) is 11.8 Å². The third kappa shape index (κ3) is 5.45. The highest BCUT2D eigenvalue weighted by Crippen LogP contribution is 2.38. The lowest BCUT2D eigenvalue weighted by atomic mass is 9.72. The van der Waals surface area contributed by atoms with Gasteiger partial charge in [-0.2, -0.15) is 0 Å². The molecule has 1 heterocycles. The molecule has 1 unspecified atom stereocenters. The van der Waals surface area contributed by atoms with Crippen molar-refractivity contribution < 1.29 is 14.6 Å². The SMILES string of the molecule is C=C=C(OCCO)c1c(N)ncnc1CC(C)C1CC(OCc2ccccc2)C1. The van der Waals surface area contributed by atoms with E-state index in [0.29, 0.717) is 41.7 Å². The van der Waals surface area contributed by atoms with Crippen molar-refractivity contribution >= 4 is 11.6 Å². The van der Waals surface area contributed by atoms with Crippen molar-refractivity contribution in [2.75, 3.05) is 18.9 Å². The standard InChI is InChI=1S/C23H29N3O3/c1-3-21(28-10-9-27)22-20(25-15-26-23(22)24)11-16(2)18-12-19(13-18)29-14-17-7-5-4-6-8-17/h4-8,15-16,18-19,27H,1,9-14H2,2H3,(H2,24,25,26). The van der Waals surface area contributed by atoms with E-state index in [0.717, 1.165) is 25.0 Å². The molecule has 0 bridgehead atoms. The largest absolute Gasteiger partial charge is 0.483 e. The lowest BCUT2D eigenvalue weighted by Crippen LogP contribution is -2.36. The summed E-state index contributed by atoms with van der Waals surface area (Å²) in [6.07, 6.45) is 4.64. The number of nitrogens with two attached hydrogens (primary N) is 1. The van der Waals surface area contributed by atoms with E-state index in [4.69, 9.17) is 20.3 Å². The van der Waals surface area contributed by atoms with Crippen LogP contribution < -0.4 is 5.73 Å². The number of hydrogen-bond donors (Lipinski definition) is 2. The molecule has 1 aromatic carbocycles. The van der Waals surface area contributed by atoms with Gasteiger partial charge in [0.15, 0.2) is 5.76 Å². The summed E-state index contributed by atoms with van der Waals surface area (Å²) in [5.74, 6) is 1.72. The number of aliphatic hydroxyl groups excluding tert-OH is 1. The van der Waals surface area contributed by atoms with Crippen LogP contribution in [-0.2, 0) is 22.5 Å². The highest BCUT2D eigenvalue weighted by molar-refractivity contribution is 5.69. The molecule has 1 aliphatic rings. The van der Waals surface area contributed by atoms with E-state index in [1.54, 1.807) is 0 Å². The van der Waals surface area contributed by atoms with Crippen LogP contribution >= 0.6 is 0 Å². The van der Waals surface area contributed by atoms with Crippen molar-refractivity contribution in [1.29, 1.82) is 0 Å². The van der Waals surface area contributed by atoms with Gasteiger partial charge in [-0.1, -0.05) is 49.6 Å². The first-order chi connectivity index (χ1) is 14.1. The summed E-state index contributed by atoms with van der Waals surface area (Å²) in [5.41, 5.74) is 11.5. The maximum Gasteiger partial charge on any atom is 0.174 e. The van der Waals surface area contributed by atoms with Crippen molar-refractivity contribution in [3.63, 3.8) is 0 Å². The zero-order valence-corrected chi connectivity index (χ0v) is 16.9. The smallest absolute Gasteiger partial charge is 0.174 e. The molecule has 1 saturated carbocycles. The number of nitrogens with zero attached hydrogens (tertiary/aromatic N) is 2. The van der Waals surface area contributed by atoms with Crippen LogP contribution in [0.1, 0.15) is 36.6 Å². The number of hydrogen-bond acceptors (Lipinski definition) is 6. The Morgan fingerprint density at radius 2 is 2.07 bits per heavy atom. The van der Waals surface area contributed by atoms with E-state index in [1.807, 2.05) is 18.2 Å². The number of nitrogen functional groups attached to an aromatic ring is 1. The molecule has 1 aliphatic carbocycles. The summed E-state index contributed by atoms with van der Waals surface area (Å²) in [5, 5.41) is 9.03. The Balaban J connectivity index is 1.57. The second kappa shape index (κ2) is 10.2. The number of anilines is 1. The fourth-order valence-electron chi connectivity index (χ4n) is 3.67. The molecule has 1 atom stereocenters. The molecule has 3 rings (SSSR count). The fourth-order valence-corrected chi connectivity index (χ4v) is 3.67. The summed E-state index contributed by atoms with van der Waals surface area (Å²) >= 11 is 0. The maximum absolute atomic E-state index is 9.03.